The predicted molar refractivity (Wildman–Crippen MR) is 164 cm³/mol. The first-order chi connectivity index (χ1) is 19.3. The fraction of sp³-hybridized carbons (Fsp3) is 0.400. The van der Waals surface area contributed by atoms with Crippen molar-refractivity contribution >= 4 is 16.8 Å². The molecule has 1 aromatic heterocycles. The van der Waals surface area contributed by atoms with Gasteiger partial charge in [-0.1, -0.05) is 82.3 Å². The number of nitrogens with zero attached hydrogens (tertiary/aromatic N) is 3. The van der Waals surface area contributed by atoms with Crippen LogP contribution in [0.15, 0.2) is 79.0 Å². The van der Waals surface area contributed by atoms with Crippen LogP contribution in [-0.2, 0) is 16.8 Å². The summed E-state index contributed by atoms with van der Waals surface area (Å²) in [6.07, 6.45) is 2.75. The highest BCUT2D eigenvalue weighted by molar-refractivity contribution is 5.87. The highest BCUT2D eigenvalue weighted by Crippen LogP contribution is 2.36. The Kier molecular flexibility index (Phi) is 8.32. The molecule has 2 heterocycles. The zero-order chi connectivity index (χ0) is 28.3. The average Bonchev–Trinajstić information content (AvgIpc) is 3.33. The maximum atomic E-state index is 13.8. The van der Waals surface area contributed by atoms with Gasteiger partial charge in [-0.25, -0.2) is 0 Å². The van der Waals surface area contributed by atoms with Crippen molar-refractivity contribution in [2.75, 3.05) is 39.8 Å². The topological polar surface area (TPSA) is 37.7 Å². The second-order valence-corrected chi connectivity index (χ2v) is 12.0. The first-order valence-corrected chi connectivity index (χ1v) is 14.6. The smallest absolute Gasteiger partial charge is 0.223 e. The van der Waals surface area contributed by atoms with E-state index in [0.29, 0.717) is 6.42 Å². The summed E-state index contributed by atoms with van der Waals surface area (Å²) in [4.78, 5) is 18.2. The lowest BCUT2D eigenvalue weighted by Crippen LogP contribution is -2.48. The third-order valence-corrected chi connectivity index (χ3v) is 8.44. The molecule has 0 bridgehead atoms. The van der Waals surface area contributed by atoms with Crippen molar-refractivity contribution in [2.45, 2.75) is 52.0 Å². The Morgan fingerprint density at radius 1 is 0.900 bits per heavy atom. The van der Waals surface area contributed by atoms with Crippen molar-refractivity contribution in [3.63, 3.8) is 0 Å². The number of amides is 1. The van der Waals surface area contributed by atoms with Gasteiger partial charge in [-0.05, 0) is 52.4 Å². The average molecular weight is 538 g/mol. The first-order valence-electron chi connectivity index (χ1n) is 14.6. The summed E-state index contributed by atoms with van der Waals surface area (Å²) >= 11 is 0. The molecule has 5 nitrogen and oxygen atoms in total. The summed E-state index contributed by atoms with van der Waals surface area (Å²) < 4.78 is 7.68. The van der Waals surface area contributed by atoms with Gasteiger partial charge in [0, 0.05) is 62.2 Å². The van der Waals surface area contributed by atoms with E-state index < -0.39 is 0 Å². The minimum absolute atomic E-state index is 0.0206. The Balaban J connectivity index is 1.52. The molecule has 4 aromatic rings. The van der Waals surface area contributed by atoms with E-state index in [1.807, 2.05) is 12.1 Å². The van der Waals surface area contributed by atoms with Crippen molar-refractivity contribution in [3.8, 4) is 5.75 Å². The Morgan fingerprint density at radius 2 is 1.57 bits per heavy atom. The molecular formula is C35H43N3O2. The molecule has 0 unspecified atom stereocenters. The number of piperazine rings is 1. The molecule has 5 heteroatoms. The largest absolute Gasteiger partial charge is 0.497 e. The van der Waals surface area contributed by atoms with E-state index in [2.05, 4.69) is 109 Å². The van der Waals surface area contributed by atoms with Gasteiger partial charge in [0.25, 0.3) is 0 Å². The van der Waals surface area contributed by atoms with Gasteiger partial charge in [-0.15, -0.1) is 0 Å². The molecule has 3 aromatic carbocycles. The van der Waals surface area contributed by atoms with E-state index in [1.54, 1.807) is 7.11 Å². The predicted octanol–water partition coefficient (Wildman–Crippen LogP) is 6.68. The number of ether oxygens (including phenoxy) is 1. The van der Waals surface area contributed by atoms with Crippen molar-refractivity contribution in [1.29, 1.82) is 0 Å². The van der Waals surface area contributed by atoms with Crippen LogP contribution in [0.2, 0.25) is 0 Å². The minimum atomic E-state index is -0.0206. The number of benzene rings is 3. The molecule has 5 rings (SSSR count). The van der Waals surface area contributed by atoms with Crippen LogP contribution in [-0.4, -0.2) is 60.1 Å². The van der Waals surface area contributed by atoms with Crippen LogP contribution in [0, 0.1) is 0 Å². The van der Waals surface area contributed by atoms with Crippen molar-refractivity contribution in [3.05, 3.63) is 101 Å². The SMILES string of the molecule is CCN1CCN(C(=O)C[C@@H](c2ccc(C(C)(C)C)cc2)c2cn(Cc3ccc(OC)cc3)c3ccccc23)CC1. The number of rotatable bonds is 8. The minimum Gasteiger partial charge on any atom is -0.497 e. The molecule has 1 saturated heterocycles. The van der Waals surface area contributed by atoms with E-state index in [0.717, 1.165) is 45.0 Å². The highest BCUT2D eigenvalue weighted by atomic mass is 16.5. The van der Waals surface area contributed by atoms with Gasteiger partial charge in [0.1, 0.15) is 5.75 Å². The number of methoxy groups -OCH3 is 1. The standard InChI is InChI=1S/C35H43N3O2/c1-6-36-19-21-37(22-20-36)34(39)23-31(27-13-15-28(16-14-27)35(2,3)4)32-25-38(33-10-8-7-9-30(32)33)24-26-11-17-29(40-5)18-12-26/h7-18,25,31H,6,19-24H2,1-5H3/t31-/m0/s1. The highest BCUT2D eigenvalue weighted by Gasteiger charge is 2.27. The van der Waals surface area contributed by atoms with Gasteiger partial charge in [-0.2, -0.15) is 0 Å². The second-order valence-electron chi connectivity index (χ2n) is 12.0. The summed E-state index contributed by atoms with van der Waals surface area (Å²) in [5.41, 5.74) is 6.20. The number of carbonyl (C=O) groups is 1. The molecule has 0 saturated carbocycles. The Morgan fingerprint density at radius 3 is 2.20 bits per heavy atom. The number of para-hydroxylation sites is 1. The summed E-state index contributed by atoms with van der Waals surface area (Å²) in [6.45, 7) is 14.2. The Labute approximate surface area is 239 Å². The van der Waals surface area contributed by atoms with Crippen LogP contribution in [0.25, 0.3) is 10.9 Å². The van der Waals surface area contributed by atoms with E-state index in [-0.39, 0.29) is 17.2 Å². The molecule has 1 fully saturated rings. The summed E-state index contributed by atoms with van der Waals surface area (Å²) in [5.74, 6) is 1.08. The second kappa shape index (κ2) is 11.9. The molecule has 1 atom stereocenters. The molecule has 1 aliphatic heterocycles. The van der Waals surface area contributed by atoms with Crippen molar-refractivity contribution in [1.82, 2.24) is 14.4 Å². The normalized spacial score (nSPS) is 15.4. The van der Waals surface area contributed by atoms with E-state index in [1.165, 1.54) is 33.2 Å². The number of fused-ring (bicyclic) bond motifs is 1. The zero-order valence-electron chi connectivity index (χ0n) is 24.7. The van der Waals surface area contributed by atoms with Gasteiger partial charge >= 0.3 is 0 Å². The van der Waals surface area contributed by atoms with Gasteiger partial charge in [0.15, 0.2) is 0 Å². The van der Waals surface area contributed by atoms with E-state index >= 15 is 0 Å². The zero-order valence-corrected chi connectivity index (χ0v) is 24.7. The van der Waals surface area contributed by atoms with Gasteiger partial charge in [0.05, 0.1) is 7.11 Å². The van der Waals surface area contributed by atoms with Gasteiger partial charge < -0.3 is 19.1 Å². The summed E-state index contributed by atoms with van der Waals surface area (Å²) in [7, 11) is 1.69. The molecule has 40 heavy (non-hydrogen) atoms. The Hall–Kier alpha value is -3.57. The third kappa shape index (κ3) is 6.10. The number of carbonyl (C=O) groups excluding carboxylic acids is 1. The quantitative estimate of drug-likeness (QED) is 0.252. The monoisotopic (exact) mass is 537 g/mol. The number of aromatic nitrogens is 1. The molecule has 0 N–H and O–H groups in total. The lowest BCUT2D eigenvalue weighted by molar-refractivity contribution is -0.133. The van der Waals surface area contributed by atoms with Gasteiger partial charge in [-0.3, -0.25) is 4.79 Å². The lowest BCUT2D eigenvalue weighted by Gasteiger charge is -2.35. The van der Waals surface area contributed by atoms with E-state index in [9.17, 15) is 4.79 Å². The third-order valence-electron chi connectivity index (χ3n) is 8.44. The molecule has 1 amide bonds. The maximum Gasteiger partial charge on any atom is 0.223 e. The van der Waals surface area contributed by atoms with Crippen LogP contribution >= 0.6 is 0 Å². The maximum absolute atomic E-state index is 13.8. The molecule has 0 aliphatic carbocycles. The molecule has 0 radical (unpaired) electrons. The molecule has 0 spiro atoms. The molecular weight excluding hydrogens is 494 g/mol. The van der Waals surface area contributed by atoms with Crippen molar-refractivity contribution in [2.24, 2.45) is 0 Å². The first kappa shape index (κ1) is 28.0. The van der Waals surface area contributed by atoms with E-state index in [4.69, 9.17) is 4.74 Å². The fourth-order valence-corrected chi connectivity index (χ4v) is 5.85. The van der Waals surface area contributed by atoms with Gasteiger partial charge in [0.2, 0.25) is 5.91 Å². The fourth-order valence-electron chi connectivity index (χ4n) is 5.85. The van der Waals surface area contributed by atoms with Crippen LogP contribution in [0.1, 0.15) is 62.3 Å². The number of likely N-dealkylation sites (N-methyl/N-ethyl adjacent to an activating group) is 1. The summed E-state index contributed by atoms with van der Waals surface area (Å²) in [6, 6.07) is 25.8. The number of hydrogen-bond donors (Lipinski definition) is 0. The van der Waals surface area contributed by atoms with Crippen LogP contribution < -0.4 is 4.74 Å². The number of hydrogen-bond acceptors (Lipinski definition) is 3. The van der Waals surface area contributed by atoms with Crippen LogP contribution in [0.3, 0.4) is 0 Å². The molecule has 210 valence electrons. The van der Waals surface area contributed by atoms with Crippen LogP contribution in [0.5, 0.6) is 5.75 Å². The lowest BCUT2D eigenvalue weighted by atomic mass is 9.83. The molecule has 1 aliphatic rings. The Bertz CT molecular complexity index is 1420. The van der Waals surface area contributed by atoms with Crippen LogP contribution in [0.4, 0.5) is 0 Å². The van der Waals surface area contributed by atoms with Crippen molar-refractivity contribution < 1.29 is 9.53 Å². The summed E-state index contributed by atoms with van der Waals surface area (Å²) in [5, 5.41) is 1.21.